The minimum atomic E-state index is -0.412. The molecular formula is C12H14ClFN2S2. The van der Waals surface area contributed by atoms with Gasteiger partial charge in [0.2, 0.25) is 0 Å². The van der Waals surface area contributed by atoms with E-state index in [9.17, 15) is 4.39 Å². The molecule has 1 aromatic heterocycles. The van der Waals surface area contributed by atoms with Crippen LogP contribution in [0.3, 0.4) is 0 Å². The maximum Gasteiger partial charge on any atom is 0.178 e. The highest BCUT2D eigenvalue weighted by Crippen LogP contribution is 2.23. The van der Waals surface area contributed by atoms with Crippen LogP contribution in [0, 0.1) is 10.6 Å². The summed E-state index contributed by atoms with van der Waals surface area (Å²) in [4.78, 5) is 3.06. The van der Waals surface area contributed by atoms with Crippen molar-refractivity contribution in [1.82, 2.24) is 9.55 Å². The fraction of sp³-hybridized carbons (Fsp3) is 0.417. The zero-order chi connectivity index (χ0) is 13.3. The van der Waals surface area contributed by atoms with Crippen LogP contribution in [0.15, 0.2) is 12.1 Å². The lowest BCUT2D eigenvalue weighted by Crippen LogP contribution is -2.04. The van der Waals surface area contributed by atoms with Gasteiger partial charge in [-0.25, -0.2) is 4.39 Å². The quantitative estimate of drug-likeness (QED) is 0.831. The normalized spacial score (nSPS) is 13.1. The third-order valence-corrected chi connectivity index (χ3v) is 4.63. The molecular weight excluding hydrogens is 291 g/mol. The van der Waals surface area contributed by atoms with E-state index >= 15 is 0 Å². The SMILES string of the molecule is CSC(C)CCn1c(=S)[nH]c2cc(Cl)c(F)cc21. The summed E-state index contributed by atoms with van der Waals surface area (Å²) >= 11 is 12.8. The van der Waals surface area contributed by atoms with Gasteiger partial charge in [0.1, 0.15) is 5.82 Å². The number of fused-ring (bicyclic) bond motifs is 1. The van der Waals surface area contributed by atoms with E-state index in [2.05, 4.69) is 18.2 Å². The van der Waals surface area contributed by atoms with Crippen LogP contribution in [-0.2, 0) is 6.54 Å². The monoisotopic (exact) mass is 304 g/mol. The zero-order valence-electron chi connectivity index (χ0n) is 10.2. The van der Waals surface area contributed by atoms with Crippen LogP contribution >= 0.6 is 35.6 Å². The van der Waals surface area contributed by atoms with Gasteiger partial charge in [-0.3, -0.25) is 0 Å². The van der Waals surface area contributed by atoms with Gasteiger partial charge in [-0.2, -0.15) is 11.8 Å². The zero-order valence-corrected chi connectivity index (χ0v) is 12.6. The second-order valence-electron chi connectivity index (χ2n) is 4.20. The van der Waals surface area contributed by atoms with Crippen molar-refractivity contribution in [1.29, 1.82) is 0 Å². The number of hydrogen-bond donors (Lipinski definition) is 1. The number of hydrogen-bond acceptors (Lipinski definition) is 2. The van der Waals surface area contributed by atoms with Crippen molar-refractivity contribution in [2.75, 3.05) is 6.26 Å². The molecule has 2 rings (SSSR count). The molecule has 0 bridgehead atoms. The molecule has 0 radical (unpaired) electrons. The summed E-state index contributed by atoms with van der Waals surface area (Å²) in [6.07, 6.45) is 3.07. The lowest BCUT2D eigenvalue weighted by atomic mass is 10.3. The summed E-state index contributed by atoms with van der Waals surface area (Å²) in [7, 11) is 0. The first-order valence-corrected chi connectivity index (χ1v) is 7.70. The minimum Gasteiger partial charge on any atom is -0.331 e. The Balaban J connectivity index is 2.41. The highest BCUT2D eigenvalue weighted by Gasteiger charge is 2.10. The number of nitrogens with zero attached hydrogens (tertiary/aromatic N) is 1. The Labute approximate surface area is 120 Å². The highest BCUT2D eigenvalue weighted by molar-refractivity contribution is 7.99. The topological polar surface area (TPSA) is 20.7 Å². The predicted molar refractivity (Wildman–Crippen MR) is 79.7 cm³/mol. The summed E-state index contributed by atoms with van der Waals surface area (Å²) in [6.45, 7) is 2.95. The molecule has 0 saturated heterocycles. The van der Waals surface area contributed by atoms with Crippen molar-refractivity contribution in [2.24, 2.45) is 0 Å². The van der Waals surface area contributed by atoms with Gasteiger partial charge in [0, 0.05) is 17.9 Å². The van der Waals surface area contributed by atoms with Gasteiger partial charge in [-0.05, 0) is 31.0 Å². The average molecular weight is 305 g/mol. The summed E-state index contributed by atoms with van der Waals surface area (Å²) in [5.41, 5.74) is 1.55. The number of aromatic amines is 1. The molecule has 0 saturated carbocycles. The number of nitrogens with one attached hydrogen (secondary N) is 1. The van der Waals surface area contributed by atoms with Crippen molar-refractivity contribution in [3.63, 3.8) is 0 Å². The van der Waals surface area contributed by atoms with E-state index in [-0.39, 0.29) is 5.02 Å². The molecule has 98 valence electrons. The molecule has 0 fully saturated rings. The molecule has 1 atom stereocenters. The Morgan fingerprint density at radius 1 is 1.56 bits per heavy atom. The Bertz CT molecular complexity index is 620. The van der Waals surface area contributed by atoms with E-state index < -0.39 is 5.82 Å². The summed E-state index contributed by atoms with van der Waals surface area (Å²) in [5, 5.41) is 0.664. The minimum absolute atomic E-state index is 0.114. The second-order valence-corrected chi connectivity index (χ2v) is 6.27. The molecule has 2 nitrogen and oxygen atoms in total. The first kappa shape index (κ1) is 13.9. The van der Waals surface area contributed by atoms with Crippen LogP contribution in [-0.4, -0.2) is 21.1 Å². The lowest BCUT2D eigenvalue weighted by Gasteiger charge is -2.09. The van der Waals surface area contributed by atoms with Crippen LogP contribution in [0.25, 0.3) is 11.0 Å². The smallest absolute Gasteiger partial charge is 0.178 e. The molecule has 0 aliphatic rings. The standard InChI is InChI=1S/C12H14ClFN2S2/c1-7(18-2)3-4-16-11-6-9(14)8(13)5-10(11)15-12(16)17/h5-7H,3-4H2,1-2H3,(H,15,17). The van der Waals surface area contributed by atoms with Crippen molar-refractivity contribution in [2.45, 2.75) is 25.1 Å². The Kier molecular flexibility index (Phi) is 4.35. The van der Waals surface area contributed by atoms with E-state index in [1.807, 2.05) is 16.3 Å². The molecule has 6 heteroatoms. The molecule has 1 N–H and O–H groups in total. The largest absolute Gasteiger partial charge is 0.331 e. The summed E-state index contributed by atoms with van der Waals surface area (Å²) in [6, 6.07) is 3.02. The van der Waals surface area contributed by atoms with Crippen LogP contribution in [0.4, 0.5) is 4.39 Å². The number of imidazole rings is 1. The number of aromatic nitrogens is 2. The third-order valence-electron chi connectivity index (χ3n) is 2.98. The molecule has 0 aliphatic heterocycles. The van der Waals surface area contributed by atoms with Crippen LogP contribution in [0.1, 0.15) is 13.3 Å². The van der Waals surface area contributed by atoms with E-state index in [1.54, 1.807) is 6.07 Å². The van der Waals surface area contributed by atoms with E-state index in [1.165, 1.54) is 6.07 Å². The summed E-state index contributed by atoms with van der Waals surface area (Å²) in [5.74, 6) is -0.412. The summed E-state index contributed by atoms with van der Waals surface area (Å²) < 4.78 is 16.0. The van der Waals surface area contributed by atoms with Crippen molar-refractivity contribution in [3.05, 3.63) is 27.7 Å². The molecule has 0 spiro atoms. The average Bonchev–Trinajstić information content (AvgIpc) is 2.62. The number of halogens is 2. The predicted octanol–water partition coefficient (Wildman–Crippen LogP) is 4.63. The number of aryl methyl sites for hydroxylation is 1. The Morgan fingerprint density at radius 2 is 2.28 bits per heavy atom. The van der Waals surface area contributed by atoms with Crippen LogP contribution in [0.2, 0.25) is 5.02 Å². The van der Waals surface area contributed by atoms with Gasteiger partial charge in [0.25, 0.3) is 0 Å². The van der Waals surface area contributed by atoms with Gasteiger partial charge in [0.15, 0.2) is 4.77 Å². The van der Waals surface area contributed by atoms with Gasteiger partial charge in [0.05, 0.1) is 16.1 Å². The molecule has 0 aliphatic carbocycles. The molecule has 2 aromatic rings. The van der Waals surface area contributed by atoms with Gasteiger partial charge >= 0.3 is 0 Å². The number of thioether (sulfide) groups is 1. The molecule has 0 amide bonds. The molecule has 1 unspecified atom stereocenters. The fourth-order valence-electron chi connectivity index (χ4n) is 1.80. The molecule has 18 heavy (non-hydrogen) atoms. The van der Waals surface area contributed by atoms with Crippen LogP contribution < -0.4 is 0 Å². The number of benzene rings is 1. The lowest BCUT2D eigenvalue weighted by molar-refractivity contribution is 0.623. The van der Waals surface area contributed by atoms with E-state index in [4.69, 9.17) is 23.8 Å². The van der Waals surface area contributed by atoms with Crippen molar-refractivity contribution >= 4 is 46.6 Å². The maximum atomic E-state index is 13.5. The first-order valence-electron chi connectivity index (χ1n) is 5.63. The van der Waals surface area contributed by atoms with Crippen molar-refractivity contribution in [3.8, 4) is 0 Å². The second kappa shape index (κ2) is 5.63. The van der Waals surface area contributed by atoms with Gasteiger partial charge < -0.3 is 9.55 Å². The van der Waals surface area contributed by atoms with Crippen molar-refractivity contribution < 1.29 is 4.39 Å². The van der Waals surface area contributed by atoms with Gasteiger partial charge in [-0.15, -0.1) is 0 Å². The van der Waals surface area contributed by atoms with Crippen LogP contribution in [0.5, 0.6) is 0 Å². The number of H-pyrrole nitrogens is 1. The number of rotatable bonds is 4. The van der Waals surface area contributed by atoms with Gasteiger partial charge in [-0.1, -0.05) is 18.5 Å². The highest BCUT2D eigenvalue weighted by atomic mass is 35.5. The third kappa shape index (κ3) is 2.73. The fourth-order valence-corrected chi connectivity index (χ4v) is 2.61. The first-order chi connectivity index (χ1) is 8.52. The Hall–Kier alpha value is -0.520. The molecule has 1 aromatic carbocycles. The maximum absolute atomic E-state index is 13.5. The van der Waals surface area contributed by atoms with E-state index in [0.29, 0.717) is 10.0 Å². The molecule has 1 heterocycles. The van der Waals surface area contributed by atoms with E-state index in [0.717, 1.165) is 24.0 Å². The Morgan fingerprint density at radius 3 is 2.94 bits per heavy atom.